The van der Waals surface area contributed by atoms with Crippen LogP contribution in [0.4, 0.5) is 11.5 Å². The Balaban J connectivity index is 1.42. The Morgan fingerprint density at radius 1 is 1.22 bits per heavy atom. The number of piperazine rings is 1. The lowest BCUT2D eigenvalue weighted by molar-refractivity contribution is -0.128. The monoisotopic (exact) mass is 368 g/mol. The summed E-state index contributed by atoms with van der Waals surface area (Å²) in [5.74, 6) is 1.55. The number of hydrogen-bond donors (Lipinski definition) is 2. The zero-order valence-corrected chi connectivity index (χ0v) is 14.8. The largest absolute Gasteiger partial charge is 0.482 e. The molecule has 2 N–H and O–H groups in total. The van der Waals surface area contributed by atoms with Gasteiger partial charge in [0, 0.05) is 13.1 Å². The molecule has 1 saturated heterocycles. The average Bonchev–Trinajstić information content (AvgIpc) is 2.68. The first kappa shape index (κ1) is 17.1. The molecule has 27 heavy (non-hydrogen) atoms. The van der Waals surface area contributed by atoms with Gasteiger partial charge in [-0.2, -0.15) is 0 Å². The highest BCUT2D eigenvalue weighted by molar-refractivity contribution is 5.95. The number of benzene rings is 1. The Labute approximate surface area is 156 Å². The van der Waals surface area contributed by atoms with Crippen LogP contribution in [0.2, 0.25) is 0 Å². The molecule has 0 radical (unpaired) electrons. The van der Waals surface area contributed by atoms with E-state index in [2.05, 4.69) is 15.6 Å². The van der Waals surface area contributed by atoms with E-state index in [0.717, 1.165) is 0 Å². The summed E-state index contributed by atoms with van der Waals surface area (Å²) in [6.45, 7) is 3.37. The van der Waals surface area contributed by atoms with Gasteiger partial charge in [-0.25, -0.2) is 4.98 Å². The molecular weight excluding hydrogens is 348 g/mol. The van der Waals surface area contributed by atoms with Crippen LogP contribution >= 0.6 is 0 Å². The summed E-state index contributed by atoms with van der Waals surface area (Å²) in [5.41, 5.74) is 0.555. The second-order valence-corrected chi connectivity index (χ2v) is 6.47. The van der Waals surface area contributed by atoms with Crippen molar-refractivity contribution in [3.8, 4) is 11.5 Å². The van der Waals surface area contributed by atoms with Crippen LogP contribution in [0.15, 0.2) is 42.6 Å². The Kier molecular flexibility index (Phi) is 4.53. The number of nitrogens with one attached hydrogen (secondary N) is 2. The van der Waals surface area contributed by atoms with Crippen LogP contribution in [0.1, 0.15) is 6.92 Å². The molecule has 3 heterocycles. The van der Waals surface area contributed by atoms with Gasteiger partial charge in [-0.3, -0.25) is 9.59 Å². The van der Waals surface area contributed by atoms with Crippen LogP contribution in [-0.2, 0) is 9.59 Å². The van der Waals surface area contributed by atoms with E-state index in [-0.39, 0.29) is 18.4 Å². The molecule has 140 valence electrons. The molecule has 4 rings (SSSR count). The number of pyridine rings is 1. The number of fused-ring (bicyclic) bond motifs is 1. The predicted octanol–water partition coefficient (Wildman–Crippen LogP) is 1.18. The number of carbonyl (C=O) groups is 2. The lowest BCUT2D eigenvalue weighted by atomic mass is 10.1. The Hall–Kier alpha value is -3.29. The third-order valence-corrected chi connectivity index (χ3v) is 4.48. The van der Waals surface area contributed by atoms with E-state index >= 15 is 0 Å². The number of hydrogen-bond acceptors (Lipinski definition) is 6. The number of amides is 2. The van der Waals surface area contributed by atoms with Crippen molar-refractivity contribution in [1.82, 2.24) is 10.3 Å². The molecule has 1 aromatic carbocycles. The zero-order valence-electron chi connectivity index (χ0n) is 14.8. The van der Waals surface area contributed by atoms with E-state index in [4.69, 9.17) is 9.47 Å². The first-order chi connectivity index (χ1) is 13.1. The molecule has 0 bridgehead atoms. The molecule has 8 heteroatoms. The van der Waals surface area contributed by atoms with Crippen molar-refractivity contribution in [2.45, 2.75) is 19.1 Å². The fourth-order valence-electron chi connectivity index (χ4n) is 3.10. The van der Waals surface area contributed by atoms with Crippen molar-refractivity contribution in [2.75, 3.05) is 29.9 Å². The predicted molar refractivity (Wildman–Crippen MR) is 99.0 cm³/mol. The van der Waals surface area contributed by atoms with Gasteiger partial charge >= 0.3 is 0 Å². The second-order valence-electron chi connectivity index (χ2n) is 6.47. The van der Waals surface area contributed by atoms with E-state index in [1.54, 1.807) is 31.3 Å². The molecule has 2 amide bonds. The third-order valence-electron chi connectivity index (χ3n) is 4.48. The molecule has 1 aromatic heterocycles. The minimum Gasteiger partial charge on any atom is -0.482 e. The van der Waals surface area contributed by atoms with Gasteiger partial charge in [-0.05, 0) is 31.2 Å². The first-order valence-electron chi connectivity index (χ1n) is 8.81. The number of nitrogens with zero attached hydrogens (tertiary/aromatic N) is 2. The standard InChI is InChI=1S/C19H20N4O4/c1-12-18(27-15-5-3-2-4-14(15)26-12)19(25)22-13-6-7-16(21-10-13)23-9-8-20-17(24)11-23/h2-7,10,12,18H,8-9,11H2,1H3,(H,20,24)(H,22,25)/t12-,18-/m0/s1. The average molecular weight is 368 g/mol. The Morgan fingerprint density at radius 2 is 2.00 bits per heavy atom. The number of rotatable bonds is 3. The van der Waals surface area contributed by atoms with Gasteiger partial charge < -0.3 is 25.0 Å². The SMILES string of the molecule is C[C@@H]1Oc2ccccc2O[C@@H]1C(=O)Nc1ccc(N2CCNC(=O)C2)nc1. The van der Waals surface area contributed by atoms with Crippen LogP contribution in [-0.4, -0.2) is 48.6 Å². The van der Waals surface area contributed by atoms with E-state index in [1.165, 1.54) is 0 Å². The lowest BCUT2D eigenvalue weighted by Gasteiger charge is -2.31. The normalized spacial score (nSPS) is 21.4. The molecule has 1 fully saturated rings. The van der Waals surface area contributed by atoms with Gasteiger partial charge in [0.2, 0.25) is 12.0 Å². The quantitative estimate of drug-likeness (QED) is 0.845. The number of ether oxygens (including phenoxy) is 2. The van der Waals surface area contributed by atoms with Gasteiger partial charge in [0.25, 0.3) is 5.91 Å². The molecule has 0 spiro atoms. The molecule has 0 saturated carbocycles. The Morgan fingerprint density at radius 3 is 2.70 bits per heavy atom. The molecule has 0 unspecified atom stereocenters. The summed E-state index contributed by atoms with van der Waals surface area (Å²) < 4.78 is 11.6. The van der Waals surface area contributed by atoms with E-state index in [9.17, 15) is 9.59 Å². The van der Waals surface area contributed by atoms with Crippen LogP contribution in [0.25, 0.3) is 0 Å². The molecular formula is C19H20N4O4. The number of carbonyl (C=O) groups excluding carboxylic acids is 2. The zero-order chi connectivity index (χ0) is 18.8. The number of anilines is 2. The molecule has 8 nitrogen and oxygen atoms in total. The van der Waals surface area contributed by atoms with Gasteiger partial charge in [0.1, 0.15) is 11.9 Å². The van der Waals surface area contributed by atoms with Crippen molar-refractivity contribution in [2.24, 2.45) is 0 Å². The highest BCUT2D eigenvalue weighted by Gasteiger charge is 2.34. The molecule has 0 aliphatic carbocycles. The second kappa shape index (κ2) is 7.14. The summed E-state index contributed by atoms with van der Waals surface area (Å²) in [6, 6.07) is 10.8. The minimum absolute atomic E-state index is 0.0239. The summed E-state index contributed by atoms with van der Waals surface area (Å²) in [4.78, 5) is 30.3. The molecule has 2 atom stereocenters. The first-order valence-corrected chi connectivity index (χ1v) is 8.81. The molecule has 2 aromatic rings. The maximum Gasteiger partial charge on any atom is 0.269 e. The fraction of sp³-hybridized carbons (Fsp3) is 0.316. The van der Waals surface area contributed by atoms with Gasteiger partial charge in [0.15, 0.2) is 11.5 Å². The van der Waals surface area contributed by atoms with Crippen molar-refractivity contribution in [3.63, 3.8) is 0 Å². The highest BCUT2D eigenvalue weighted by Crippen LogP contribution is 2.33. The van der Waals surface area contributed by atoms with Crippen molar-refractivity contribution >= 4 is 23.3 Å². The van der Waals surface area contributed by atoms with Crippen molar-refractivity contribution < 1.29 is 19.1 Å². The highest BCUT2D eigenvalue weighted by atomic mass is 16.6. The Bertz CT molecular complexity index is 855. The van der Waals surface area contributed by atoms with Crippen LogP contribution in [0, 0.1) is 0 Å². The summed E-state index contributed by atoms with van der Waals surface area (Å²) in [5, 5.41) is 5.58. The summed E-state index contributed by atoms with van der Waals surface area (Å²) in [6.07, 6.45) is 0.395. The maximum atomic E-state index is 12.6. The maximum absolute atomic E-state index is 12.6. The van der Waals surface area contributed by atoms with Gasteiger partial charge in [-0.15, -0.1) is 0 Å². The van der Waals surface area contributed by atoms with E-state index < -0.39 is 12.2 Å². The number of aromatic nitrogens is 1. The van der Waals surface area contributed by atoms with Crippen molar-refractivity contribution in [3.05, 3.63) is 42.6 Å². The smallest absolute Gasteiger partial charge is 0.269 e. The topological polar surface area (TPSA) is 92.8 Å². The minimum atomic E-state index is -0.759. The summed E-state index contributed by atoms with van der Waals surface area (Å²) in [7, 11) is 0. The van der Waals surface area contributed by atoms with Crippen molar-refractivity contribution in [1.29, 1.82) is 0 Å². The molecule has 2 aliphatic heterocycles. The van der Waals surface area contributed by atoms with Gasteiger partial charge in [-0.1, -0.05) is 12.1 Å². The fourth-order valence-corrected chi connectivity index (χ4v) is 3.10. The third kappa shape index (κ3) is 3.64. The number of para-hydroxylation sites is 2. The van der Waals surface area contributed by atoms with Crippen LogP contribution < -0.4 is 25.0 Å². The van der Waals surface area contributed by atoms with Crippen LogP contribution in [0.5, 0.6) is 11.5 Å². The lowest BCUT2D eigenvalue weighted by Crippen LogP contribution is -2.48. The van der Waals surface area contributed by atoms with E-state index in [1.807, 2.05) is 23.1 Å². The van der Waals surface area contributed by atoms with E-state index in [0.29, 0.717) is 36.1 Å². The summed E-state index contributed by atoms with van der Waals surface area (Å²) >= 11 is 0. The molecule has 2 aliphatic rings. The van der Waals surface area contributed by atoms with Gasteiger partial charge in [0.05, 0.1) is 18.4 Å². The van der Waals surface area contributed by atoms with Crippen LogP contribution in [0.3, 0.4) is 0 Å².